The fraction of sp³-hybridized carbons (Fsp3) is 0.355. The molecule has 12 heteroatoms. The number of fused-ring (bicyclic) bond motifs is 3. The maximum absolute atomic E-state index is 14.0. The fourth-order valence-corrected chi connectivity index (χ4v) is 6.72. The van der Waals surface area contributed by atoms with Gasteiger partial charge in [-0.15, -0.1) is 0 Å². The van der Waals surface area contributed by atoms with Gasteiger partial charge in [0.15, 0.2) is 11.4 Å². The van der Waals surface area contributed by atoms with E-state index < -0.39 is 58.0 Å². The highest BCUT2D eigenvalue weighted by molar-refractivity contribution is 6.25. The van der Waals surface area contributed by atoms with Gasteiger partial charge in [0.05, 0.1) is 18.2 Å². The van der Waals surface area contributed by atoms with Crippen LogP contribution in [0.1, 0.15) is 32.7 Å². The number of amides is 2. The number of likely N-dealkylation sites (N-methyl/N-ethyl adjacent to an activating group) is 1. The van der Waals surface area contributed by atoms with Crippen molar-refractivity contribution in [3.63, 3.8) is 0 Å². The van der Waals surface area contributed by atoms with E-state index in [0.717, 1.165) is 0 Å². The van der Waals surface area contributed by atoms with Crippen LogP contribution in [0.5, 0.6) is 5.75 Å². The van der Waals surface area contributed by atoms with E-state index in [9.17, 15) is 39.6 Å². The number of phenols is 1. The van der Waals surface area contributed by atoms with Gasteiger partial charge < -0.3 is 36.2 Å². The van der Waals surface area contributed by atoms with Crippen molar-refractivity contribution in [2.45, 2.75) is 24.5 Å². The number of allylic oxidation sites excluding steroid dienone is 1. The molecule has 0 saturated carbocycles. The number of aliphatic hydroxyl groups is 3. The molecule has 0 radical (unpaired) electrons. The van der Waals surface area contributed by atoms with Crippen molar-refractivity contribution in [1.82, 2.24) is 10.2 Å². The highest BCUT2D eigenvalue weighted by Crippen LogP contribution is 2.53. The number of carbonyl (C=O) groups is 4. The third-order valence-electron chi connectivity index (χ3n) is 8.63. The third kappa shape index (κ3) is 4.58. The van der Waals surface area contributed by atoms with E-state index in [1.165, 1.54) is 18.1 Å². The quantitative estimate of drug-likeness (QED) is 0.201. The van der Waals surface area contributed by atoms with E-state index in [2.05, 4.69) is 5.32 Å². The molecule has 2 aromatic rings. The van der Waals surface area contributed by atoms with Gasteiger partial charge in [0, 0.05) is 30.7 Å². The van der Waals surface area contributed by atoms with Gasteiger partial charge in [-0.05, 0) is 67.7 Å². The summed E-state index contributed by atoms with van der Waals surface area (Å²) in [6.45, 7) is 0.662. The minimum absolute atomic E-state index is 0.0250. The Hall–Kier alpha value is -4.52. The molecular formula is C31H33N3O9. The highest BCUT2D eigenvalue weighted by Gasteiger charge is 2.63. The number of methoxy groups -OCH3 is 1. The number of aromatic hydroxyl groups is 1. The molecule has 0 heterocycles. The number of nitrogens with one attached hydrogen (secondary N) is 1. The first-order chi connectivity index (χ1) is 20.3. The van der Waals surface area contributed by atoms with Gasteiger partial charge in [-0.2, -0.15) is 0 Å². The molecule has 0 unspecified atom stereocenters. The van der Waals surface area contributed by atoms with Gasteiger partial charge in [0.2, 0.25) is 5.78 Å². The number of ether oxygens (including phenoxy) is 1. The average Bonchev–Trinajstić information content (AvgIpc) is 2.95. The van der Waals surface area contributed by atoms with Crippen molar-refractivity contribution in [2.75, 3.05) is 34.4 Å². The monoisotopic (exact) mass is 591 g/mol. The molecule has 3 aliphatic rings. The molecule has 0 saturated heterocycles. The van der Waals surface area contributed by atoms with Crippen LogP contribution >= 0.6 is 0 Å². The van der Waals surface area contributed by atoms with Crippen molar-refractivity contribution in [2.24, 2.45) is 17.6 Å². The van der Waals surface area contributed by atoms with E-state index in [1.807, 2.05) is 0 Å². The molecular weight excluding hydrogens is 558 g/mol. The van der Waals surface area contributed by atoms with Crippen LogP contribution < -0.4 is 11.1 Å². The molecule has 0 spiro atoms. The van der Waals surface area contributed by atoms with Gasteiger partial charge in [-0.25, -0.2) is 0 Å². The SMILES string of the molecule is COCCNC(=O)c1cccc(-c2ccc(O)c3c2C[C@H]2C[C@H]4[C@H](N(C)C)C(O)=C(C(N)=O)C(=O)[C@@]4(O)C(O)=C2C3=O)c1. The fourth-order valence-electron chi connectivity index (χ4n) is 6.72. The standard InChI is InChI=1S/C31H33N3O9/c1-34(2)24-19-13-16-12-18-17(14-5-4-6-15(11-14)30(41)33-9-10-43-3)7-8-20(35)22(18)25(36)21(16)27(38)31(19,42)28(39)23(26(24)37)29(32)40/h4-8,11,16,19,24,35,37-38,42H,9-10,12-13H2,1-3H3,(H2,32,40)(H,33,41)/t16-,19-,24-,31-/m0/s1. The Morgan fingerprint density at radius 1 is 1.14 bits per heavy atom. The largest absolute Gasteiger partial charge is 0.510 e. The van der Waals surface area contributed by atoms with E-state index in [1.54, 1.807) is 44.4 Å². The summed E-state index contributed by atoms with van der Waals surface area (Å²) in [5.41, 5.74) is 3.50. The van der Waals surface area contributed by atoms with Crippen LogP contribution in [0.15, 0.2) is 59.1 Å². The number of carbonyl (C=O) groups excluding carboxylic acids is 4. The Balaban J connectivity index is 1.63. The molecule has 226 valence electrons. The summed E-state index contributed by atoms with van der Waals surface area (Å²) in [6, 6.07) is 8.66. The first-order valence-electron chi connectivity index (χ1n) is 13.7. The number of hydrogen-bond donors (Lipinski definition) is 6. The molecule has 12 nitrogen and oxygen atoms in total. The number of benzene rings is 2. The second kappa shape index (κ2) is 11.0. The van der Waals surface area contributed by atoms with Crippen LogP contribution in [0.25, 0.3) is 11.1 Å². The maximum atomic E-state index is 14.0. The number of nitrogens with two attached hydrogens (primary N) is 1. The van der Waals surface area contributed by atoms with E-state index in [-0.39, 0.29) is 35.6 Å². The summed E-state index contributed by atoms with van der Waals surface area (Å²) in [6.07, 6.45) is 0.103. The lowest BCUT2D eigenvalue weighted by atomic mass is 9.58. The molecule has 2 aromatic carbocycles. The second-order valence-electron chi connectivity index (χ2n) is 11.3. The summed E-state index contributed by atoms with van der Waals surface area (Å²) in [4.78, 5) is 53.7. The van der Waals surface area contributed by atoms with Crippen LogP contribution in [0, 0.1) is 11.8 Å². The lowest BCUT2D eigenvalue weighted by Gasteiger charge is -2.50. The lowest BCUT2D eigenvalue weighted by Crippen LogP contribution is -2.63. The number of primary amides is 1. The minimum Gasteiger partial charge on any atom is -0.510 e. The van der Waals surface area contributed by atoms with Crippen LogP contribution in [-0.4, -0.2) is 94.7 Å². The van der Waals surface area contributed by atoms with Crippen molar-refractivity contribution < 1.29 is 44.3 Å². The number of phenolic OH excluding ortho intramolecular Hbond substituents is 1. The first-order valence-corrected chi connectivity index (χ1v) is 13.7. The van der Waals surface area contributed by atoms with Crippen LogP contribution in [-0.2, 0) is 20.7 Å². The predicted octanol–water partition coefficient (Wildman–Crippen LogP) is 1.16. The Morgan fingerprint density at radius 3 is 2.51 bits per heavy atom. The van der Waals surface area contributed by atoms with Gasteiger partial charge in [-0.1, -0.05) is 18.2 Å². The summed E-state index contributed by atoms with van der Waals surface area (Å²) in [5, 5.41) is 47.7. The first kappa shape index (κ1) is 30.0. The van der Waals surface area contributed by atoms with E-state index >= 15 is 0 Å². The third-order valence-corrected chi connectivity index (χ3v) is 8.63. The second-order valence-corrected chi connectivity index (χ2v) is 11.3. The Morgan fingerprint density at radius 2 is 1.86 bits per heavy atom. The van der Waals surface area contributed by atoms with Crippen molar-refractivity contribution in [3.05, 3.63) is 75.8 Å². The van der Waals surface area contributed by atoms with Crippen LogP contribution in [0.4, 0.5) is 0 Å². The summed E-state index contributed by atoms with van der Waals surface area (Å²) < 4.78 is 4.98. The molecule has 43 heavy (non-hydrogen) atoms. The smallest absolute Gasteiger partial charge is 0.255 e. The molecule has 3 aliphatic carbocycles. The van der Waals surface area contributed by atoms with Crippen molar-refractivity contribution >= 4 is 23.4 Å². The molecule has 0 fully saturated rings. The van der Waals surface area contributed by atoms with Gasteiger partial charge >= 0.3 is 0 Å². The Kier molecular flexibility index (Phi) is 7.63. The highest BCUT2D eigenvalue weighted by atomic mass is 16.5. The van der Waals surface area contributed by atoms with Crippen molar-refractivity contribution in [3.8, 4) is 16.9 Å². The molecule has 0 aliphatic heterocycles. The summed E-state index contributed by atoms with van der Waals surface area (Å²) in [5.74, 6) is -7.42. The molecule has 7 N–H and O–H groups in total. The van der Waals surface area contributed by atoms with E-state index in [4.69, 9.17) is 10.5 Å². The predicted molar refractivity (Wildman–Crippen MR) is 153 cm³/mol. The van der Waals surface area contributed by atoms with Gasteiger partial charge in [0.1, 0.15) is 22.8 Å². The number of nitrogens with zero attached hydrogens (tertiary/aromatic N) is 1. The molecule has 0 aromatic heterocycles. The molecule has 2 amide bonds. The number of rotatable bonds is 7. The average molecular weight is 592 g/mol. The zero-order chi connectivity index (χ0) is 31.4. The number of aliphatic hydroxyl groups excluding tert-OH is 2. The van der Waals surface area contributed by atoms with Crippen LogP contribution in [0.2, 0.25) is 0 Å². The zero-order valence-corrected chi connectivity index (χ0v) is 23.9. The molecule has 5 rings (SSSR count). The molecule has 4 atom stereocenters. The number of ketones is 2. The Bertz CT molecular complexity index is 1630. The zero-order valence-electron chi connectivity index (χ0n) is 23.9. The summed E-state index contributed by atoms with van der Waals surface area (Å²) in [7, 11) is 4.67. The summed E-state index contributed by atoms with van der Waals surface area (Å²) >= 11 is 0. The minimum atomic E-state index is -2.71. The van der Waals surface area contributed by atoms with Gasteiger partial charge in [0.25, 0.3) is 11.8 Å². The van der Waals surface area contributed by atoms with Crippen LogP contribution in [0.3, 0.4) is 0 Å². The van der Waals surface area contributed by atoms with Gasteiger partial charge in [-0.3, -0.25) is 24.1 Å². The van der Waals surface area contributed by atoms with E-state index in [0.29, 0.717) is 35.4 Å². The Labute approximate surface area is 247 Å². The normalized spacial score (nSPS) is 24.9. The van der Waals surface area contributed by atoms with Crippen molar-refractivity contribution in [1.29, 1.82) is 0 Å². The lowest BCUT2D eigenvalue weighted by molar-refractivity contribution is -0.148. The maximum Gasteiger partial charge on any atom is 0.255 e. The molecule has 0 bridgehead atoms. The number of Topliss-reactive ketones (excluding diaryl/α,β-unsaturated/α-hetero) is 2. The topological polar surface area (TPSA) is 200 Å². The number of hydrogen-bond acceptors (Lipinski definition) is 10.